The Morgan fingerprint density at radius 1 is 1.27 bits per heavy atom. The summed E-state index contributed by atoms with van der Waals surface area (Å²) in [4.78, 5) is 4.12. The third-order valence-electron chi connectivity index (χ3n) is 1.93. The Balaban J connectivity index is 2.60. The molecule has 15 heavy (non-hydrogen) atoms. The largest absolute Gasteiger partial charge is 0.253 e. The van der Waals surface area contributed by atoms with E-state index in [2.05, 4.69) is 4.98 Å². The van der Waals surface area contributed by atoms with Crippen molar-refractivity contribution >= 4 is 11.3 Å². The first-order valence-electron chi connectivity index (χ1n) is 4.18. The van der Waals surface area contributed by atoms with Crippen LogP contribution in [0.5, 0.6) is 0 Å². The third-order valence-corrected chi connectivity index (χ3v) is 2.62. The summed E-state index contributed by atoms with van der Waals surface area (Å²) >= 11 is 1.55. The Kier molecular flexibility index (Phi) is 2.45. The van der Waals surface area contributed by atoms with Crippen molar-refractivity contribution in [3.8, 4) is 23.4 Å². The van der Waals surface area contributed by atoms with Gasteiger partial charge < -0.3 is 0 Å². The van der Waals surface area contributed by atoms with Gasteiger partial charge in [-0.05, 0) is 17.5 Å². The molecule has 0 atom stereocenters. The van der Waals surface area contributed by atoms with Gasteiger partial charge in [-0.1, -0.05) is 0 Å². The van der Waals surface area contributed by atoms with Crippen molar-refractivity contribution in [2.75, 3.05) is 0 Å². The lowest BCUT2D eigenvalue weighted by Gasteiger charge is -1.99. The summed E-state index contributed by atoms with van der Waals surface area (Å²) < 4.78 is 0. The number of hydrogen-bond acceptors (Lipinski definition) is 4. The Morgan fingerprint density at radius 3 is 2.73 bits per heavy atom. The minimum Gasteiger partial charge on any atom is -0.253 e. The number of thiophene rings is 1. The lowest BCUT2D eigenvalue weighted by Crippen LogP contribution is -1.89. The molecule has 0 bridgehead atoms. The maximum absolute atomic E-state index is 8.94. The van der Waals surface area contributed by atoms with Crippen molar-refractivity contribution in [3.05, 3.63) is 40.2 Å². The Morgan fingerprint density at radius 2 is 2.13 bits per heavy atom. The van der Waals surface area contributed by atoms with E-state index in [0.29, 0.717) is 16.8 Å². The van der Waals surface area contributed by atoms with Crippen LogP contribution in [0.2, 0.25) is 0 Å². The fraction of sp³-hybridized carbons (Fsp3) is 0. The third kappa shape index (κ3) is 1.71. The van der Waals surface area contributed by atoms with Crippen LogP contribution in [0.3, 0.4) is 0 Å². The number of rotatable bonds is 1. The lowest BCUT2D eigenvalue weighted by molar-refractivity contribution is 1.28. The molecule has 0 spiro atoms. The molecule has 70 valence electrons. The first-order valence-corrected chi connectivity index (χ1v) is 5.12. The molecule has 0 aromatic carbocycles. The molecule has 0 aliphatic heterocycles. The summed E-state index contributed by atoms with van der Waals surface area (Å²) in [6.45, 7) is 0. The Hall–Kier alpha value is -2.17. The number of pyridine rings is 1. The average molecular weight is 211 g/mol. The molecule has 0 radical (unpaired) electrons. The highest BCUT2D eigenvalue weighted by Gasteiger charge is 2.07. The van der Waals surface area contributed by atoms with Gasteiger partial charge in [-0.2, -0.15) is 21.9 Å². The van der Waals surface area contributed by atoms with E-state index < -0.39 is 0 Å². The highest BCUT2D eigenvalue weighted by molar-refractivity contribution is 7.08. The molecular formula is C11H5N3S. The zero-order valence-corrected chi connectivity index (χ0v) is 8.45. The van der Waals surface area contributed by atoms with Crippen LogP contribution in [0.4, 0.5) is 0 Å². The molecule has 0 saturated heterocycles. The van der Waals surface area contributed by atoms with E-state index in [9.17, 15) is 0 Å². The van der Waals surface area contributed by atoms with Gasteiger partial charge in [0.25, 0.3) is 0 Å². The SMILES string of the molecule is N#Cc1cnc(-c2ccsc2)c(C#N)c1. The summed E-state index contributed by atoms with van der Waals surface area (Å²) in [5, 5.41) is 21.5. The van der Waals surface area contributed by atoms with Gasteiger partial charge in [0.05, 0.1) is 16.8 Å². The second-order valence-corrected chi connectivity index (χ2v) is 3.64. The predicted molar refractivity (Wildman–Crippen MR) is 57.0 cm³/mol. The molecule has 0 N–H and O–H groups in total. The predicted octanol–water partition coefficient (Wildman–Crippen LogP) is 2.55. The monoisotopic (exact) mass is 211 g/mol. The average Bonchev–Trinajstić information content (AvgIpc) is 2.81. The number of nitrogens with zero attached hydrogens (tertiary/aromatic N) is 3. The number of nitriles is 2. The highest BCUT2D eigenvalue weighted by atomic mass is 32.1. The van der Waals surface area contributed by atoms with Crippen molar-refractivity contribution in [2.24, 2.45) is 0 Å². The van der Waals surface area contributed by atoms with E-state index in [1.807, 2.05) is 29.0 Å². The van der Waals surface area contributed by atoms with Crippen LogP contribution in [0.15, 0.2) is 29.1 Å². The van der Waals surface area contributed by atoms with E-state index in [1.54, 1.807) is 17.4 Å². The Labute approximate surface area is 90.9 Å². The molecule has 0 fully saturated rings. The van der Waals surface area contributed by atoms with Crippen molar-refractivity contribution < 1.29 is 0 Å². The minimum absolute atomic E-state index is 0.408. The van der Waals surface area contributed by atoms with Crippen LogP contribution in [0.25, 0.3) is 11.3 Å². The second-order valence-electron chi connectivity index (χ2n) is 2.86. The molecule has 0 aliphatic rings. The molecule has 2 aromatic heterocycles. The molecule has 2 aromatic rings. The van der Waals surface area contributed by atoms with E-state index in [1.165, 1.54) is 6.20 Å². The zero-order valence-electron chi connectivity index (χ0n) is 7.64. The lowest BCUT2D eigenvalue weighted by atomic mass is 10.1. The summed E-state index contributed by atoms with van der Waals surface area (Å²) in [6, 6.07) is 7.47. The molecule has 0 saturated carbocycles. The zero-order chi connectivity index (χ0) is 10.7. The summed E-state index contributed by atoms with van der Waals surface area (Å²) in [5.41, 5.74) is 2.40. The fourth-order valence-corrected chi connectivity index (χ4v) is 1.88. The standard InChI is InChI=1S/C11H5N3S/c12-4-8-3-10(5-13)11(14-6-8)9-1-2-15-7-9/h1-3,6-7H. The molecule has 0 aliphatic carbocycles. The molecular weight excluding hydrogens is 206 g/mol. The van der Waals surface area contributed by atoms with Crippen LogP contribution in [0.1, 0.15) is 11.1 Å². The Bertz CT molecular complexity index is 559. The van der Waals surface area contributed by atoms with Crippen LogP contribution < -0.4 is 0 Å². The van der Waals surface area contributed by atoms with Gasteiger partial charge >= 0.3 is 0 Å². The van der Waals surface area contributed by atoms with Gasteiger partial charge in [-0.3, -0.25) is 4.98 Å². The van der Waals surface area contributed by atoms with Crippen LogP contribution in [0, 0.1) is 22.7 Å². The smallest absolute Gasteiger partial charge is 0.101 e. The molecule has 2 rings (SSSR count). The van der Waals surface area contributed by atoms with Crippen LogP contribution in [-0.2, 0) is 0 Å². The molecule has 0 unspecified atom stereocenters. The maximum Gasteiger partial charge on any atom is 0.101 e. The molecule has 4 heteroatoms. The van der Waals surface area contributed by atoms with Gasteiger partial charge in [0.1, 0.15) is 12.1 Å². The fourth-order valence-electron chi connectivity index (χ4n) is 1.24. The van der Waals surface area contributed by atoms with Gasteiger partial charge in [0, 0.05) is 17.1 Å². The van der Waals surface area contributed by atoms with E-state index in [4.69, 9.17) is 10.5 Å². The van der Waals surface area contributed by atoms with Crippen LogP contribution in [-0.4, -0.2) is 4.98 Å². The number of aromatic nitrogens is 1. The number of hydrogen-bond donors (Lipinski definition) is 0. The van der Waals surface area contributed by atoms with Gasteiger partial charge in [0.2, 0.25) is 0 Å². The topological polar surface area (TPSA) is 60.5 Å². The van der Waals surface area contributed by atoms with Crippen molar-refractivity contribution in [2.45, 2.75) is 0 Å². The minimum atomic E-state index is 0.408. The van der Waals surface area contributed by atoms with Crippen molar-refractivity contribution in [1.82, 2.24) is 4.98 Å². The van der Waals surface area contributed by atoms with E-state index in [-0.39, 0.29) is 0 Å². The van der Waals surface area contributed by atoms with Crippen LogP contribution >= 0.6 is 11.3 Å². The summed E-state index contributed by atoms with van der Waals surface area (Å²) in [5.74, 6) is 0. The van der Waals surface area contributed by atoms with Gasteiger partial charge in [0.15, 0.2) is 0 Å². The molecule has 0 amide bonds. The second kappa shape index (κ2) is 3.91. The summed E-state index contributed by atoms with van der Waals surface area (Å²) in [7, 11) is 0. The molecule has 2 heterocycles. The van der Waals surface area contributed by atoms with Gasteiger partial charge in [-0.25, -0.2) is 0 Å². The highest BCUT2D eigenvalue weighted by Crippen LogP contribution is 2.23. The maximum atomic E-state index is 8.94. The van der Waals surface area contributed by atoms with Crippen molar-refractivity contribution in [3.63, 3.8) is 0 Å². The van der Waals surface area contributed by atoms with E-state index in [0.717, 1.165) is 5.56 Å². The molecule has 3 nitrogen and oxygen atoms in total. The van der Waals surface area contributed by atoms with Gasteiger partial charge in [-0.15, -0.1) is 0 Å². The first kappa shape index (κ1) is 9.39. The van der Waals surface area contributed by atoms with E-state index >= 15 is 0 Å². The quantitative estimate of drug-likeness (QED) is 0.728. The first-order chi connectivity index (χ1) is 7.35. The normalized spacial score (nSPS) is 9.20. The summed E-state index contributed by atoms with van der Waals surface area (Å²) in [6.07, 6.45) is 1.48. The van der Waals surface area contributed by atoms with Crippen molar-refractivity contribution in [1.29, 1.82) is 10.5 Å².